The fourth-order valence-electron chi connectivity index (χ4n) is 2.48. The van der Waals surface area contributed by atoms with Crippen LogP contribution in [-0.4, -0.2) is 32.4 Å². The predicted octanol–water partition coefficient (Wildman–Crippen LogP) is 3.55. The smallest absolute Gasteiger partial charge is 0.243 e. The van der Waals surface area contributed by atoms with Crippen molar-refractivity contribution in [3.8, 4) is 5.75 Å². The molecule has 1 unspecified atom stereocenters. The molecule has 0 aromatic heterocycles. The van der Waals surface area contributed by atoms with E-state index in [-0.39, 0.29) is 4.90 Å². The summed E-state index contributed by atoms with van der Waals surface area (Å²) < 4.78 is 32.5. The number of sulfonamides is 1. The predicted molar refractivity (Wildman–Crippen MR) is 84.4 cm³/mol. The molecule has 0 bridgehead atoms. The quantitative estimate of drug-likeness (QED) is 0.829. The first-order valence-corrected chi connectivity index (χ1v) is 9.19. The second kappa shape index (κ2) is 6.99. The molecule has 2 rings (SSSR count). The van der Waals surface area contributed by atoms with Gasteiger partial charge in [-0.2, -0.15) is 4.31 Å². The first-order chi connectivity index (χ1) is 9.95. The van der Waals surface area contributed by atoms with E-state index in [2.05, 4.69) is 6.92 Å². The van der Waals surface area contributed by atoms with Crippen molar-refractivity contribution in [1.82, 2.24) is 4.31 Å². The molecule has 0 spiro atoms. The zero-order valence-electron chi connectivity index (χ0n) is 12.5. The standard InChI is InChI=1S/C15H22ClNO3S/c1-3-9-20-15-10-13(6-7-14(15)16)21(18,19)17-8-4-5-12(2)11-17/h6-7,10,12H,3-5,8-9,11H2,1-2H3. The van der Waals surface area contributed by atoms with Gasteiger partial charge < -0.3 is 4.74 Å². The number of nitrogens with zero attached hydrogens (tertiary/aromatic N) is 1. The summed E-state index contributed by atoms with van der Waals surface area (Å²) >= 11 is 6.06. The summed E-state index contributed by atoms with van der Waals surface area (Å²) in [6.45, 7) is 5.75. The molecule has 0 amide bonds. The van der Waals surface area contributed by atoms with Gasteiger partial charge >= 0.3 is 0 Å². The van der Waals surface area contributed by atoms with Gasteiger partial charge in [0, 0.05) is 19.2 Å². The van der Waals surface area contributed by atoms with Crippen molar-refractivity contribution >= 4 is 21.6 Å². The van der Waals surface area contributed by atoms with Crippen LogP contribution in [0.15, 0.2) is 23.1 Å². The van der Waals surface area contributed by atoms with E-state index in [0.29, 0.717) is 36.4 Å². The Kier molecular flexibility index (Phi) is 5.52. The molecule has 4 nitrogen and oxygen atoms in total. The highest BCUT2D eigenvalue weighted by Gasteiger charge is 2.29. The van der Waals surface area contributed by atoms with Gasteiger partial charge in [-0.1, -0.05) is 25.4 Å². The molecule has 21 heavy (non-hydrogen) atoms. The summed E-state index contributed by atoms with van der Waals surface area (Å²) in [6, 6.07) is 4.68. The fourth-order valence-corrected chi connectivity index (χ4v) is 4.27. The lowest BCUT2D eigenvalue weighted by atomic mass is 10.0. The Morgan fingerprint density at radius 2 is 2.19 bits per heavy atom. The largest absolute Gasteiger partial charge is 0.492 e. The third-order valence-electron chi connectivity index (χ3n) is 3.62. The third-order valence-corrected chi connectivity index (χ3v) is 5.80. The summed E-state index contributed by atoms with van der Waals surface area (Å²) in [5, 5.41) is 0.439. The second-order valence-corrected chi connectivity index (χ2v) is 7.90. The average molecular weight is 332 g/mol. The van der Waals surface area contributed by atoms with Gasteiger partial charge in [0.2, 0.25) is 10.0 Å². The van der Waals surface area contributed by atoms with E-state index in [1.165, 1.54) is 6.07 Å². The maximum atomic E-state index is 12.7. The molecule has 6 heteroatoms. The van der Waals surface area contributed by atoms with Crippen LogP contribution in [0.4, 0.5) is 0 Å². The number of ether oxygens (including phenoxy) is 1. The average Bonchev–Trinajstić information content (AvgIpc) is 2.46. The lowest BCUT2D eigenvalue weighted by Crippen LogP contribution is -2.39. The van der Waals surface area contributed by atoms with Gasteiger partial charge in [-0.25, -0.2) is 8.42 Å². The Morgan fingerprint density at radius 3 is 2.86 bits per heavy atom. The van der Waals surface area contributed by atoms with E-state index < -0.39 is 10.0 Å². The molecule has 1 aliphatic rings. The summed E-state index contributed by atoms with van der Waals surface area (Å²) in [4.78, 5) is 0.257. The van der Waals surface area contributed by atoms with Crippen molar-refractivity contribution in [2.24, 2.45) is 5.92 Å². The van der Waals surface area contributed by atoms with Crippen LogP contribution in [0.5, 0.6) is 5.75 Å². The Balaban J connectivity index is 2.27. The Morgan fingerprint density at radius 1 is 1.43 bits per heavy atom. The van der Waals surface area contributed by atoms with Gasteiger partial charge in [-0.15, -0.1) is 0 Å². The molecule has 118 valence electrons. The number of halogens is 1. The van der Waals surface area contributed by atoms with Crippen molar-refractivity contribution in [2.75, 3.05) is 19.7 Å². The minimum atomic E-state index is -3.46. The van der Waals surface area contributed by atoms with Gasteiger partial charge in [-0.05, 0) is 37.3 Å². The van der Waals surface area contributed by atoms with Crippen molar-refractivity contribution in [3.05, 3.63) is 23.2 Å². The van der Waals surface area contributed by atoms with E-state index in [1.807, 2.05) is 6.92 Å². The minimum Gasteiger partial charge on any atom is -0.492 e. The minimum absolute atomic E-state index is 0.257. The van der Waals surface area contributed by atoms with Gasteiger partial charge in [0.1, 0.15) is 5.75 Å². The zero-order valence-corrected chi connectivity index (χ0v) is 14.1. The molecule has 1 heterocycles. The van der Waals surface area contributed by atoms with Crippen LogP contribution in [0.25, 0.3) is 0 Å². The molecule has 0 radical (unpaired) electrons. The number of hydrogen-bond donors (Lipinski definition) is 0. The van der Waals surface area contributed by atoms with Crippen molar-refractivity contribution < 1.29 is 13.2 Å². The summed E-state index contributed by atoms with van der Waals surface area (Å²) in [7, 11) is -3.46. The molecule has 0 saturated carbocycles. The molecule has 1 aromatic rings. The Bertz CT molecular complexity index is 589. The van der Waals surface area contributed by atoms with Crippen LogP contribution in [0.1, 0.15) is 33.1 Å². The van der Waals surface area contributed by atoms with Crippen LogP contribution in [0, 0.1) is 5.92 Å². The van der Waals surface area contributed by atoms with Gasteiger partial charge in [0.25, 0.3) is 0 Å². The zero-order chi connectivity index (χ0) is 15.5. The molecule has 1 atom stereocenters. The van der Waals surface area contributed by atoms with E-state index in [1.54, 1.807) is 16.4 Å². The van der Waals surface area contributed by atoms with E-state index >= 15 is 0 Å². The summed E-state index contributed by atoms with van der Waals surface area (Å²) in [5.41, 5.74) is 0. The molecule has 1 fully saturated rings. The van der Waals surface area contributed by atoms with Crippen molar-refractivity contribution in [2.45, 2.75) is 38.0 Å². The summed E-state index contributed by atoms with van der Waals surface area (Å²) in [5.74, 6) is 0.835. The SMILES string of the molecule is CCCOc1cc(S(=O)(=O)N2CCCC(C)C2)ccc1Cl. The third kappa shape index (κ3) is 3.90. The number of benzene rings is 1. The molecular weight excluding hydrogens is 310 g/mol. The van der Waals surface area contributed by atoms with Gasteiger partial charge in [0.15, 0.2) is 0 Å². The van der Waals surface area contributed by atoms with Gasteiger partial charge in [-0.3, -0.25) is 0 Å². The fraction of sp³-hybridized carbons (Fsp3) is 0.600. The highest BCUT2D eigenvalue weighted by atomic mass is 35.5. The highest BCUT2D eigenvalue weighted by molar-refractivity contribution is 7.89. The van der Waals surface area contributed by atoms with E-state index in [4.69, 9.17) is 16.3 Å². The highest BCUT2D eigenvalue weighted by Crippen LogP contribution is 2.30. The van der Waals surface area contributed by atoms with Crippen molar-refractivity contribution in [3.63, 3.8) is 0 Å². The Labute approximate surface area is 132 Å². The molecule has 0 N–H and O–H groups in total. The maximum absolute atomic E-state index is 12.7. The topological polar surface area (TPSA) is 46.6 Å². The second-order valence-electron chi connectivity index (χ2n) is 5.55. The van der Waals surface area contributed by atoms with Crippen LogP contribution >= 0.6 is 11.6 Å². The number of rotatable bonds is 5. The molecule has 0 aliphatic carbocycles. The van der Waals surface area contributed by atoms with Crippen molar-refractivity contribution in [1.29, 1.82) is 0 Å². The molecule has 1 aromatic carbocycles. The molecule has 1 saturated heterocycles. The monoisotopic (exact) mass is 331 g/mol. The molecular formula is C15H22ClNO3S. The van der Waals surface area contributed by atoms with E-state index in [0.717, 1.165) is 19.3 Å². The molecule has 1 aliphatic heterocycles. The normalized spacial score (nSPS) is 20.4. The number of piperidine rings is 1. The van der Waals surface area contributed by atoms with Crippen LogP contribution in [0.3, 0.4) is 0 Å². The number of hydrogen-bond acceptors (Lipinski definition) is 3. The lowest BCUT2D eigenvalue weighted by molar-refractivity contribution is 0.281. The lowest BCUT2D eigenvalue weighted by Gasteiger charge is -2.30. The van der Waals surface area contributed by atoms with Crippen LogP contribution < -0.4 is 4.74 Å². The van der Waals surface area contributed by atoms with Crippen LogP contribution in [-0.2, 0) is 10.0 Å². The maximum Gasteiger partial charge on any atom is 0.243 e. The Hall–Kier alpha value is -0.780. The summed E-state index contributed by atoms with van der Waals surface area (Å²) in [6.07, 6.45) is 2.83. The first-order valence-electron chi connectivity index (χ1n) is 7.37. The first kappa shape index (κ1) is 16.6. The van der Waals surface area contributed by atoms with Crippen LogP contribution in [0.2, 0.25) is 5.02 Å². The van der Waals surface area contributed by atoms with E-state index in [9.17, 15) is 8.42 Å². The van der Waals surface area contributed by atoms with Gasteiger partial charge in [0.05, 0.1) is 16.5 Å².